The largest absolute Gasteiger partial charge is 0.487 e. The first kappa shape index (κ1) is 15.8. The van der Waals surface area contributed by atoms with E-state index in [2.05, 4.69) is 17.1 Å². The fourth-order valence-corrected chi connectivity index (χ4v) is 3.09. The highest BCUT2D eigenvalue weighted by Gasteiger charge is 2.26. The maximum Gasteiger partial charge on any atom is 0.259 e. The molecule has 0 amide bonds. The Bertz CT molecular complexity index is 928. The van der Waals surface area contributed by atoms with Gasteiger partial charge in [-0.15, -0.1) is 0 Å². The highest BCUT2D eigenvalue weighted by Crippen LogP contribution is 2.28. The molecule has 1 aliphatic rings. The predicted octanol–water partition coefficient (Wildman–Crippen LogP) is 4.10. The van der Waals surface area contributed by atoms with Crippen LogP contribution >= 0.6 is 12.2 Å². The Kier molecular flexibility index (Phi) is 4.24. The van der Waals surface area contributed by atoms with Crippen LogP contribution in [-0.4, -0.2) is 28.7 Å². The Morgan fingerprint density at radius 1 is 1.16 bits per heavy atom. The Balaban J connectivity index is 1.47. The van der Waals surface area contributed by atoms with Gasteiger partial charge in [0, 0.05) is 12.4 Å². The molecule has 0 aliphatic carbocycles. The van der Waals surface area contributed by atoms with E-state index in [1.54, 1.807) is 0 Å². The van der Waals surface area contributed by atoms with Crippen molar-refractivity contribution in [3.05, 3.63) is 71.9 Å². The predicted molar refractivity (Wildman–Crippen MR) is 102 cm³/mol. The van der Waals surface area contributed by atoms with Crippen LogP contribution in [0.3, 0.4) is 0 Å². The van der Waals surface area contributed by atoms with Gasteiger partial charge in [0.1, 0.15) is 18.5 Å². The number of rotatable bonds is 4. The van der Waals surface area contributed by atoms with Crippen LogP contribution in [-0.2, 0) is 11.3 Å². The van der Waals surface area contributed by atoms with Gasteiger partial charge in [-0.1, -0.05) is 36.4 Å². The molecule has 2 heterocycles. The maximum atomic E-state index is 5.93. The molecule has 1 saturated heterocycles. The zero-order valence-corrected chi connectivity index (χ0v) is 14.7. The Morgan fingerprint density at radius 2 is 2.04 bits per heavy atom. The molecule has 4 rings (SSSR count). The summed E-state index contributed by atoms with van der Waals surface area (Å²) >= 11 is 5.17. The lowest BCUT2D eigenvalue weighted by Crippen LogP contribution is -2.17. The number of nitrogens with zero attached hydrogens (tertiary/aromatic N) is 2. The molecule has 2 aromatic carbocycles. The summed E-state index contributed by atoms with van der Waals surface area (Å²) in [5.74, 6) is 0.802. The number of hydrogen-bond acceptors (Lipinski definition) is 4. The average molecular weight is 350 g/mol. The summed E-state index contributed by atoms with van der Waals surface area (Å²) < 4.78 is 11.6. The van der Waals surface area contributed by atoms with Crippen molar-refractivity contribution in [3.8, 4) is 5.75 Å². The standard InChI is InChI=1S/C20H18N2O2S/c1-22-12-19(24-20(22)25)15-6-4-7-17(11-15)23-13-16-10-9-14-5-2-3-8-18(14)21-16/h2-11,19H,12-13H2,1H3. The molecule has 0 spiro atoms. The summed E-state index contributed by atoms with van der Waals surface area (Å²) in [7, 11) is 1.94. The van der Waals surface area contributed by atoms with Gasteiger partial charge < -0.3 is 14.4 Å². The normalized spacial score (nSPS) is 16.9. The molecular formula is C20H18N2O2S. The number of pyridine rings is 1. The molecule has 0 N–H and O–H groups in total. The summed E-state index contributed by atoms with van der Waals surface area (Å²) in [4.78, 5) is 6.57. The third kappa shape index (κ3) is 3.42. The first-order valence-corrected chi connectivity index (χ1v) is 8.59. The van der Waals surface area contributed by atoms with Crippen LogP contribution in [0.15, 0.2) is 60.7 Å². The van der Waals surface area contributed by atoms with Gasteiger partial charge in [-0.3, -0.25) is 0 Å². The summed E-state index contributed by atoms with van der Waals surface area (Å²) in [6.07, 6.45) is -0.0418. The topological polar surface area (TPSA) is 34.6 Å². The summed E-state index contributed by atoms with van der Waals surface area (Å²) in [5, 5.41) is 1.67. The zero-order valence-electron chi connectivity index (χ0n) is 13.9. The first-order chi connectivity index (χ1) is 12.2. The summed E-state index contributed by atoms with van der Waals surface area (Å²) in [6, 6.07) is 20.1. The van der Waals surface area contributed by atoms with E-state index in [4.69, 9.17) is 21.7 Å². The van der Waals surface area contributed by atoms with Crippen molar-refractivity contribution in [1.29, 1.82) is 0 Å². The first-order valence-electron chi connectivity index (χ1n) is 8.18. The SMILES string of the molecule is CN1CC(c2cccc(OCc3ccc4ccccc4n3)c2)OC1=S. The molecule has 1 fully saturated rings. The fourth-order valence-electron chi connectivity index (χ4n) is 2.90. The van der Waals surface area contributed by atoms with Gasteiger partial charge in [-0.05, 0) is 42.0 Å². The highest BCUT2D eigenvalue weighted by atomic mass is 32.1. The van der Waals surface area contributed by atoms with Crippen LogP contribution in [0.25, 0.3) is 10.9 Å². The smallest absolute Gasteiger partial charge is 0.259 e. The molecule has 1 aliphatic heterocycles. The Morgan fingerprint density at radius 3 is 2.88 bits per heavy atom. The fraction of sp³-hybridized carbons (Fsp3) is 0.200. The van der Waals surface area contributed by atoms with Gasteiger partial charge in [0.05, 0.1) is 17.8 Å². The second-order valence-electron chi connectivity index (χ2n) is 6.11. The minimum Gasteiger partial charge on any atom is -0.487 e. The van der Waals surface area contributed by atoms with Gasteiger partial charge in [0.25, 0.3) is 5.17 Å². The maximum absolute atomic E-state index is 5.93. The zero-order chi connectivity index (χ0) is 17.2. The molecule has 1 atom stereocenters. The van der Waals surface area contributed by atoms with Gasteiger partial charge in [0.15, 0.2) is 0 Å². The molecule has 0 saturated carbocycles. The molecule has 25 heavy (non-hydrogen) atoms. The van der Waals surface area contributed by atoms with Crippen LogP contribution < -0.4 is 4.74 Å². The third-order valence-corrected chi connectivity index (χ3v) is 4.68. The van der Waals surface area contributed by atoms with Crippen molar-refractivity contribution >= 4 is 28.3 Å². The van der Waals surface area contributed by atoms with E-state index in [-0.39, 0.29) is 6.10 Å². The van der Waals surface area contributed by atoms with Gasteiger partial charge >= 0.3 is 0 Å². The number of thiocarbonyl (C=S) groups is 1. The van der Waals surface area contributed by atoms with Crippen LogP contribution in [0, 0.1) is 0 Å². The van der Waals surface area contributed by atoms with E-state index in [9.17, 15) is 0 Å². The molecule has 1 unspecified atom stereocenters. The van der Waals surface area contributed by atoms with E-state index in [0.29, 0.717) is 11.8 Å². The molecule has 0 bridgehead atoms. The molecule has 0 radical (unpaired) electrons. The van der Waals surface area contributed by atoms with Gasteiger partial charge in [0.2, 0.25) is 0 Å². The average Bonchev–Trinajstić information content (AvgIpc) is 2.99. The van der Waals surface area contributed by atoms with Crippen LogP contribution in [0.2, 0.25) is 0 Å². The van der Waals surface area contributed by atoms with Crippen molar-refractivity contribution in [2.45, 2.75) is 12.7 Å². The van der Waals surface area contributed by atoms with Crippen molar-refractivity contribution < 1.29 is 9.47 Å². The van der Waals surface area contributed by atoms with Crippen molar-refractivity contribution in [1.82, 2.24) is 9.88 Å². The molecule has 5 heteroatoms. The number of hydrogen-bond donors (Lipinski definition) is 0. The second kappa shape index (κ2) is 6.69. The van der Waals surface area contributed by atoms with Gasteiger partial charge in [-0.2, -0.15) is 0 Å². The van der Waals surface area contributed by atoms with E-state index >= 15 is 0 Å². The number of ether oxygens (including phenoxy) is 2. The van der Waals surface area contributed by atoms with Crippen molar-refractivity contribution in [2.75, 3.05) is 13.6 Å². The summed E-state index contributed by atoms with van der Waals surface area (Å²) in [6.45, 7) is 1.19. The van der Waals surface area contributed by atoms with Crippen LogP contribution in [0.4, 0.5) is 0 Å². The number of aromatic nitrogens is 1. The number of likely N-dealkylation sites (N-methyl/N-ethyl adjacent to an activating group) is 1. The van der Waals surface area contributed by atoms with Crippen LogP contribution in [0.5, 0.6) is 5.75 Å². The van der Waals surface area contributed by atoms with Crippen LogP contribution in [0.1, 0.15) is 17.4 Å². The molecule has 4 nitrogen and oxygen atoms in total. The van der Waals surface area contributed by atoms with E-state index in [0.717, 1.165) is 34.5 Å². The Hall–Kier alpha value is -2.66. The minimum absolute atomic E-state index is 0.0418. The molecular weight excluding hydrogens is 332 g/mol. The number of para-hydroxylation sites is 1. The Labute approximate surface area is 152 Å². The third-order valence-electron chi connectivity index (χ3n) is 4.27. The van der Waals surface area contributed by atoms with Crippen molar-refractivity contribution in [3.63, 3.8) is 0 Å². The van der Waals surface area contributed by atoms with E-state index in [1.807, 2.05) is 60.5 Å². The van der Waals surface area contributed by atoms with E-state index < -0.39 is 0 Å². The van der Waals surface area contributed by atoms with Gasteiger partial charge in [-0.25, -0.2) is 4.98 Å². The second-order valence-corrected chi connectivity index (χ2v) is 6.46. The van der Waals surface area contributed by atoms with Crippen molar-refractivity contribution in [2.24, 2.45) is 0 Å². The lowest BCUT2D eigenvalue weighted by atomic mass is 10.1. The highest BCUT2D eigenvalue weighted by molar-refractivity contribution is 7.80. The monoisotopic (exact) mass is 350 g/mol. The number of fused-ring (bicyclic) bond motifs is 1. The number of benzene rings is 2. The van der Waals surface area contributed by atoms with E-state index in [1.165, 1.54) is 0 Å². The summed E-state index contributed by atoms with van der Waals surface area (Å²) in [5.41, 5.74) is 2.95. The molecule has 3 aromatic rings. The molecule has 1 aromatic heterocycles. The lowest BCUT2D eigenvalue weighted by Gasteiger charge is -2.12. The lowest BCUT2D eigenvalue weighted by molar-refractivity contribution is 0.238. The molecule has 126 valence electrons. The quantitative estimate of drug-likeness (QED) is 0.662. The minimum atomic E-state index is -0.0418.